The highest BCUT2D eigenvalue weighted by atomic mass is 32.2. The van der Waals surface area contributed by atoms with Gasteiger partial charge in [0, 0.05) is 25.0 Å². The van der Waals surface area contributed by atoms with Gasteiger partial charge in [-0.25, -0.2) is 13.4 Å². The van der Waals surface area contributed by atoms with Crippen LogP contribution in [0.3, 0.4) is 0 Å². The molecular formula is C20H27N3O3S2. The number of amides is 1. The number of hydrogen-bond donors (Lipinski definition) is 0. The van der Waals surface area contributed by atoms with Gasteiger partial charge < -0.3 is 4.90 Å². The Labute approximate surface area is 171 Å². The zero-order valence-corrected chi connectivity index (χ0v) is 18.4. The fraction of sp³-hybridized carbons (Fsp3) is 0.500. The third kappa shape index (κ3) is 4.14. The summed E-state index contributed by atoms with van der Waals surface area (Å²) in [4.78, 5) is 20.7. The second-order valence-electron chi connectivity index (χ2n) is 7.32. The summed E-state index contributed by atoms with van der Waals surface area (Å²) < 4.78 is 27.3. The maximum Gasteiger partial charge on any atom is 0.243 e. The zero-order valence-electron chi connectivity index (χ0n) is 16.8. The number of aromatic nitrogens is 1. The average Bonchev–Trinajstić information content (AvgIpc) is 3.05. The number of carbonyl (C=O) groups is 1. The van der Waals surface area contributed by atoms with E-state index >= 15 is 0 Å². The number of aryl methyl sites for hydroxylation is 2. The van der Waals surface area contributed by atoms with Crippen molar-refractivity contribution in [1.82, 2.24) is 14.2 Å². The van der Waals surface area contributed by atoms with E-state index in [4.69, 9.17) is 0 Å². The van der Waals surface area contributed by atoms with Crippen LogP contribution >= 0.6 is 11.3 Å². The van der Waals surface area contributed by atoms with Crippen molar-refractivity contribution in [3.05, 3.63) is 45.9 Å². The lowest BCUT2D eigenvalue weighted by atomic mass is 9.97. The first kappa shape index (κ1) is 21.0. The van der Waals surface area contributed by atoms with E-state index in [9.17, 15) is 13.2 Å². The SMILES string of the molecule is Cc1nc(C)c(C(C)N(C)C(=O)C2CCCN(S(=O)(=O)c3ccccc3)C2)s1. The smallest absolute Gasteiger partial charge is 0.243 e. The van der Waals surface area contributed by atoms with E-state index < -0.39 is 10.0 Å². The highest BCUT2D eigenvalue weighted by molar-refractivity contribution is 7.89. The molecule has 1 aromatic carbocycles. The van der Waals surface area contributed by atoms with Crippen LogP contribution in [0.4, 0.5) is 0 Å². The third-order valence-corrected chi connectivity index (χ3v) is 8.48. The molecule has 2 heterocycles. The van der Waals surface area contributed by atoms with Crippen molar-refractivity contribution in [2.24, 2.45) is 5.92 Å². The first-order chi connectivity index (χ1) is 13.2. The Bertz CT molecular complexity index is 941. The lowest BCUT2D eigenvalue weighted by Crippen LogP contribution is -2.46. The standard InChI is InChI=1S/C20H27N3O3S2/c1-14-19(27-16(3)21-14)15(2)22(4)20(24)17-9-8-12-23(13-17)28(25,26)18-10-6-5-7-11-18/h5-7,10-11,15,17H,8-9,12-13H2,1-4H3. The van der Waals surface area contributed by atoms with Crippen LogP contribution in [0.5, 0.6) is 0 Å². The van der Waals surface area contributed by atoms with E-state index in [-0.39, 0.29) is 29.3 Å². The zero-order chi connectivity index (χ0) is 20.5. The van der Waals surface area contributed by atoms with Gasteiger partial charge in [0.25, 0.3) is 0 Å². The van der Waals surface area contributed by atoms with Crippen molar-refractivity contribution in [2.45, 2.75) is 44.6 Å². The molecule has 0 radical (unpaired) electrons. The number of piperidine rings is 1. The number of hydrogen-bond acceptors (Lipinski definition) is 5. The van der Waals surface area contributed by atoms with E-state index in [2.05, 4.69) is 4.98 Å². The maximum absolute atomic E-state index is 13.1. The highest BCUT2D eigenvalue weighted by Gasteiger charge is 2.35. The number of nitrogens with zero attached hydrogens (tertiary/aromatic N) is 3. The average molecular weight is 422 g/mol. The molecule has 1 aliphatic heterocycles. The summed E-state index contributed by atoms with van der Waals surface area (Å²) >= 11 is 1.61. The maximum atomic E-state index is 13.1. The molecule has 0 N–H and O–H groups in total. The molecule has 0 saturated carbocycles. The van der Waals surface area contributed by atoms with Crippen molar-refractivity contribution in [1.29, 1.82) is 0 Å². The summed E-state index contributed by atoms with van der Waals surface area (Å²) in [6, 6.07) is 8.34. The highest BCUT2D eigenvalue weighted by Crippen LogP contribution is 2.31. The molecule has 1 amide bonds. The molecule has 1 aliphatic rings. The second kappa shape index (κ2) is 8.31. The van der Waals surface area contributed by atoms with Crippen LogP contribution in [-0.4, -0.2) is 48.7 Å². The minimum absolute atomic E-state index is 0.00841. The van der Waals surface area contributed by atoms with Gasteiger partial charge in [0.2, 0.25) is 15.9 Å². The number of thiazole rings is 1. The Morgan fingerprint density at radius 3 is 2.57 bits per heavy atom. The molecule has 1 fully saturated rings. The minimum Gasteiger partial charge on any atom is -0.338 e. The summed E-state index contributed by atoms with van der Waals surface area (Å²) in [5.41, 5.74) is 0.951. The molecule has 1 aromatic heterocycles. The molecule has 6 nitrogen and oxygen atoms in total. The molecule has 8 heteroatoms. The van der Waals surface area contributed by atoms with Crippen LogP contribution in [0.25, 0.3) is 0 Å². The summed E-state index contributed by atoms with van der Waals surface area (Å²) in [6.07, 6.45) is 1.39. The number of carbonyl (C=O) groups excluding carboxylic acids is 1. The first-order valence-corrected chi connectivity index (χ1v) is 11.7. The van der Waals surface area contributed by atoms with Crippen molar-refractivity contribution < 1.29 is 13.2 Å². The van der Waals surface area contributed by atoms with Crippen LogP contribution in [-0.2, 0) is 14.8 Å². The van der Waals surface area contributed by atoms with Crippen LogP contribution in [0.2, 0.25) is 0 Å². The Morgan fingerprint density at radius 1 is 1.29 bits per heavy atom. The largest absolute Gasteiger partial charge is 0.338 e. The molecule has 3 rings (SSSR count). The Balaban J connectivity index is 1.75. The summed E-state index contributed by atoms with van der Waals surface area (Å²) in [5.74, 6) is -0.333. The molecule has 2 aromatic rings. The van der Waals surface area contributed by atoms with E-state index in [0.29, 0.717) is 19.4 Å². The molecule has 152 valence electrons. The monoisotopic (exact) mass is 421 g/mol. The lowest BCUT2D eigenvalue weighted by Gasteiger charge is -2.35. The summed E-state index contributed by atoms with van der Waals surface area (Å²) in [6.45, 7) is 6.60. The predicted molar refractivity (Wildman–Crippen MR) is 111 cm³/mol. The van der Waals surface area contributed by atoms with Gasteiger partial charge in [-0.15, -0.1) is 11.3 Å². The van der Waals surface area contributed by atoms with E-state index in [1.54, 1.807) is 53.6 Å². The Kier molecular flexibility index (Phi) is 6.21. The van der Waals surface area contributed by atoms with Crippen molar-refractivity contribution in [3.63, 3.8) is 0 Å². The van der Waals surface area contributed by atoms with Gasteiger partial charge in [-0.05, 0) is 45.7 Å². The third-order valence-electron chi connectivity index (χ3n) is 5.36. The van der Waals surface area contributed by atoms with Crippen molar-refractivity contribution in [3.8, 4) is 0 Å². The Morgan fingerprint density at radius 2 is 1.96 bits per heavy atom. The molecule has 2 atom stereocenters. The predicted octanol–water partition coefficient (Wildman–Crippen LogP) is 3.38. The Hall–Kier alpha value is -1.77. The van der Waals surface area contributed by atoms with Crippen LogP contribution in [0.1, 0.15) is 41.4 Å². The second-order valence-corrected chi connectivity index (χ2v) is 10.5. The fourth-order valence-electron chi connectivity index (χ4n) is 3.69. The van der Waals surface area contributed by atoms with Gasteiger partial charge in [0.15, 0.2) is 0 Å². The molecule has 1 saturated heterocycles. The molecule has 0 bridgehead atoms. The summed E-state index contributed by atoms with van der Waals surface area (Å²) in [7, 11) is -1.78. The van der Waals surface area contributed by atoms with Gasteiger partial charge in [0.1, 0.15) is 0 Å². The van der Waals surface area contributed by atoms with E-state index in [0.717, 1.165) is 15.6 Å². The molecular weight excluding hydrogens is 394 g/mol. The van der Waals surface area contributed by atoms with Gasteiger partial charge in [0.05, 0.1) is 27.6 Å². The quantitative estimate of drug-likeness (QED) is 0.742. The number of sulfonamides is 1. The molecule has 0 spiro atoms. The van der Waals surface area contributed by atoms with E-state index in [1.807, 2.05) is 20.8 Å². The van der Waals surface area contributed by atoms with Gasteiger partial charge >= 0.3 is 0 Å². The number of benzene rings is 1. The summed E-state index contributed by atoms with van der Waals surface area (Å²) in [5, 5.41) is 0.984. The normalized spacial score (nSPS) is 19.4. The topological polar surface area (TPSA) is 70.6 Å². The molecule has 2 unspecified atom stereocenters. The van der Waals surface area contributed by atoms with Gasteiger partial charge in [-0.2, -0.15) is 4.31 Å². The van der Waals surface area contributed by atoms with Crippen LogP contribution < -0.4 is 0 Å². The fourth-order valence-corrected chi connectivity index (χ4v) is 6.26. The van der Waals surface area contributed by atoms with Gasteiger partial charge in [-0.3, -0.25) is 4.79 Å². The molecule has 28 heavy (non-hydrogen) atoms. The van der Waals surface area contributed by atoms with Crippen LogP contribution in [0.15, 0.2) is 35.2 Å². The van der Waals surface area contributed by atoms with Crippen molar-refractivity contribution in [2.75, 3.05) is 20.1 Å². The van der Waals surface area contributed by atoms with Crippen molar-refractivity contribution >= 4 is 27.3 Å². The minimum atomic E-state index is -3.58. The lowest BCUT2D eigenvalue weighted by molar-refractivity contribution is -0.137. The first-order valence-electron chi connectivity index (χ1n) is 9.47. The number of rotatable bonds is 5. The van der Waals surface area contributed by atoms with Crippen LogP contribution in [0, 0.1) is 19.8 Å². The van der Waals surface area contributed by atoms with E-state index in [1.165, 1.54) is 4.31 Å². The van der Waals surface area contributed by atoms with Gasteiger partial charge in [-0.1, -0.05) is 18.2 Å². The molecule has 0 aliphatic carbocycles.